The fourth-order valence-corrected chi connectivity index (χ4v) is 2.68. The van der Waals surface area contributed by atoms with Crippen LogP contribution in [0.15, 0.2) is 28.8 Å². The fraction of sp³-hybridized carbons (Fsp3) is 0.500. The van der Waals surface area contributed by atoms with Gasteiger partial charge in [0.1, 0.15) is 0 Å². The highest BCUT2D eigenvalue weighted by molar-refractivity contribution is 5.95. The molecule has 0 bridgehead atoms. The van der Waals surface area contributed by atoms with Crippen LogP contribution in [0.3, 0.4) is 0 Å². The van der Waals surface area contributed by atoms with Gasteiger partial charge in [0.2, 0.25) is 0 Å². The Bertz CT molecular complexity index is 687. The summed E-state index contributed by atoms with van der Waals surface area (Å²) in [6.45, 7) is 8.24. The van der Waals surface area contributed by atoms with Gasteiger partial charge < -0.3 is 9.42 Å². The Morgan fingerprint density at radius 1 is 1.22 bits per heavy atom. The monoisotopic (exact) mass is 313 g/mol. The van der Waals surface area contributed by atoms with E-state index in [-0.39, 0.29) is 11.9 Å². The first-order chi connectivity index (χ1) is 11.0. The summed E-state index contributed by atoms with van der Waals surface area (Å²) in [6, 6.07) is 8.07. The first kappa shape index (κ1) is 15.7. The molecule has 1 saturated carbocycles. The summed E-state index contributed by atoms with van der Waals surface area (Å²) >= 11 is 0. The molecule has 1 amide bonds. The second-order valence-corrected chi connectivity index (χ2v) is 6.65. The first-order valence-corrected chi connectivity index (χ1v) is 8.20. The topological polar surface area (TPSA) is 59.2 Å². The van der Waals surface area contributed by atoms with Crippen molar-refractivity contribution in [2.24, 2.45) is 5.92 Å². The summed E-state index contributed by atoms with van der Waals surface area (Å²) in [5, 5.41) is 3.79. The largest absolute Gasteiger partial charge is 0.334 e. The number of rotatable bonds is 5. The van der Waals surface area contributed by atoms with Crippen LogP contribution >= 0.6 is 0 Å². The Kier molecular flexibility index (Phi) is 4.20. The van der Waals surface area contributed by atoms with Crippen LogP contribution in [0.1, 0.15) is 49.8 Å². The van der Waals surface area contributed by atoms with Crippen LogP contribution in [-0.2, 0) is 0 Å². The van der Waals surface area contributed by atoms with Gasteiger partial charge in [-0.1, -0.05) is 19.0 Å². The molecular formula is C18H23N3O2. The first-order valence-electron chi connectivity index (χ1n) is 8.20. The predicted octanol–water partition coefficient (Wildman–Crippen LogP) is 3.69. The van der Waals surface area contributed by atoms with Crippen molar-refractivity contribution in [3.05, 3.63) is 35.7 Å². The van der Waals surface area contributed by atoms with Gasteiger partial charge in [0, 0.05) is 23.2 Å². The number of aryl methyl sites for hydroxylation is 1. The van der Waals surface area contributed by atoms with Gasteiger partial charge >= 0.3 is 0 Å². The quantitative estimate of drug-likeness (QED) is 0.844. The van der Waals surface area contributed by atoms with Crippen molar-refractivity contribution in [3.8, 4) is 11.5 Å². The molecule has 23 heavy (non-hydrogen) atoms. The maximum atomic E-state index is 12.9. The Morgan fingerprint density at radius 3 is 2.35 bits per heavy atom. The van der Waals surface area contributed by atoms with E-state index >= 15 is 0 Å². The maximum Gasteiger partial charge on any atom is 0.257 e. The maximum absolute atomic E-state index is 12.9. The summed E-state index contributed by atoms with van der Waals surface area (Å²) in [4.78, 5) is 19.2. The Labute approximate surface area is 136 Å². The molecule has 5 heteroatoms. The molecule has 0 spiro atoms. The average molecular weight is 313 g/mol. The highest BCUT2D eigenvalue weighted by Crippen LogP contribution is 2.32. The van der Waals surface area contributed by atoms with Crippen molar-refractivity contribution in [1.29, 1.82) is 0 Å². The fourth-order valence-electron chi connectivity index (χ4n) is 2.68. The lowest BCUT2D eigenvalue weighted by Gasteiger charge is -2.32. The van der Waals surface area contributed by atoms with Crippen molar-refractivity contribution in [2.45, 2.75) is 52.6 Å². The Hall–Kier alpha value is -2.17. The number of hydrogen-bond donors (Lipinski definition) is 0. The number of amides is 1. The van der Waals surface area contributed by atoms with Crippen molar-refractivity contribution < 1.29 is 9.32 Å². The van der Waals surface area contributed by atoms with E-state index in [9.17, 15) is 4.79 Å². The van der Waals surface area contributed by atoms with E-state index in [1.807, 2.05) is 24.3 Å². The minimum Gasteiger partial charge on any atom is -0.334 e. The number of nitrogens with zero attached hydrogens (tertiary/aromatic N) is 3. The zero-order valence-electron chi connectivity index (χ0n) is 14.1. The lowest BCUT2D eigenvalue weighted by atomic mass is 10.0. The van der Waals surface area contributed by atoms with Gasteiger partial charge in [-0.05, 0) is 56.9 Å². The predicted molar refractivity (Wildman–Crippen MR) is 88.0 cm³/mol. The van der Waals surface area contributed by atoms with E-state index in [1.54, 1.807) is 6.92 Å². The van der Waals surface area contributed by atoms with Gasteiger partial charge in [-0.15, -0.1) is 0 Å². The van der Waals surface area contributed by atoms with Gasteiger partial charge in [0.25, 0.3) is 11.8 Å². The van der Waals surface area contributed by atoms with E-state index in [1.165, 1.54) is 0 Å². The highest BCUT2D eigenvalue weighted by atomic mass is 16.5. The van der Waals surface area contributed by atoms with Crippen LogP contribution in [0, 0.1) is 12.8 Å². The molecule has 1 atom stereocenters. The van der Waals surface area contributed by atoms with E-state index in [4.69, 9.17) is 4.52 Å². The molecule has 122 valence electrons. The normalized spacial score (nSPS) is 15.7. The third kappa shape index (κ3) is 3.28. The molecular weight excluding hydrogens is 290 g/mol. The van der Waals surface area contributed by atoms with E-state index in [0.29, 0.717) is 29.2 Å². The molecule has 1 aromatic carbocycles. The molecule has 0 radical (unpaired) electrons. The second kappa shape index (κ2) is 6.14. The van der Waals surface area contributed by atoms with Crippen LogP contribution in [0.2, 0.25) is 0 Å². The molecule has 0 N–H and O–H groups in total. The lowest BCUT2D eigenvalue weighted by Crippen LogP contribution is -2.43. The number of benzene rings is 1. The molecule has 1 aromatic heterocycles. The minimum absolute atomic E-state index is 0.113. The third-order valence-electron chi connectivity index (χ3n) is 4.48. The molecule has 0 aliphatic heterocycles. The molecule has 0 unspecified atom stereocenters. The van der Waals surface area contributed by atoms with E-state index in [2.05, 4.69) is 35.8 Å². The van der Waals surface area contributed by atoms with Crippen LogP contribution in [0.25, 0.3) is 11.5 Å². The van der Waals surface area contributed by atoms with Crippen LogP contribution in [-0.4, -0.2) is 33.0 Å². The van der Waals surface area contributed by atoms with Crippen molar-refractivity contribution >= 4 is 5.91 Å². The zero-order chi connectivity index (χ0) is 16.6. The Balaban J connectivity index is 1.81. The number of hydrogen-bond acceptors (Lipinski definition) is 4. The van der Waals surface area contributed by atoms with Crippen molar-refractivity contribution in [3.63, 3.8) is 0 Å². The van der Waals surface area contributed by atoms with Gasteiger partial charge in [-0.25, -0.2) is 0 Å². The molecule has 1 aliphatic carbocycles. The summed E-state index contributed by atoms with van der Waals surface area (Å²) in [5.74, 6) is 1.64. The zero-order valence-corrected chi connectivity index (χ0v) is 14.1. The third-order valence-corrected chi connectivity index (χ3v) is 4.48. The molecule has 0 saturated heterocycles. The molecule has 2 aromatic rings. The number of aromatic nitrogens is 2. The summed E-state index contributed by atoms with van der Waals surface area (Å²) in [6.07, 6.45) is 2.23. The van der Waals surface area contributed by atoms with Gasteiger partial charge in [-0.3, -0.25) is 4.79 Å². The van der Waals surface area contributed by atoms with Gasteiger partial charge in [0.15, 0.2) is 5.82 Å². The standard InChI is InChI=1S/C18H23N3O2/c1-11(2)12(3)21(16-9-10-16)18(22)15-7-5-14(6-8-15)17-19-13(4)20-23-17/h5-8,11-12,16H,9-10H2,1-4H3/t12-/m1/s1. The van der Waals surface area contributed by atoms with Gasteiger partial charge in [-0.2, -0.15) is 4.98 Å². The summed E-state index contributed by atoms with van der Waals surface area (Å²) < 4.78 is 5.16. The molecule has 3 rings (SSSR count). The van der Waals surface area contributed by atoms with E-state index in [0.717, 1.165) is 18.4 Å². The smallest absolute Gasteiger partial charge is 0.257 e. The summed E-state index contributed by atoms with van der Waals surface area (Å²) in [5.41, 5.74) is 1.54. The molecule has 5 nitrogen and oxygen atoms in total. The van der Waals surface area contributed by atoms with Crippen molar-refractivity contribution in [1.82, 2.24) is 15.0 Å². The summed E-state index contributed by atoms with van der Waals surface area (Å²) in [7, 11) is 0. The average Bonchev–Trinajstić information content (AvgIpc) is 3.27. The van der Waals surface area contributed by atoms with Crippen molar-refractivity contribution in [2.75, 3.05) is 0 Å². The van der Waals surface area contributed by atoms with Crippen LogP contribution in [0.4, 0.5) is 0 Å². The van der Waals surface area contributed by atoms with Crippen LogP contribution < -0.4 is 0 Å². The van der Waals surface area contributed by atoms with E-state index < -0.39 is 0 Å². The molecule has 1 aliphatic rings. The SMILES string of the molecule is Cc1noc(-c2ccc(C(=O)N(C3CC3)[C@H](C)C(C)C)cc2)n1. The lowest BCUT2D eigenvalue weighted by molar-refractivity contribution is 0.0628. The molecule has 1 fully saturated rings. The molecule has 1 heterocycles. The van der Waals surface area contributed by atoms with Crippen LogP contribution in [0.5, 0.6) is 0 Å². The Morgan fingerprint density at radius 2 is 1.87 bits per heavy atom. The minimum atomic E-state index is 0.113. The number of carbonyl (C=O) groups excluding carboxylic acids is 1. The van der Waals surface area contributed by atoms with Gasteiger partial charge in [0.05, 0.1) is 0 Å². The second-order valence-electron chi connectivity index (χ2n) is 6.65. The highest BCUT2D eigenvalue weighted by Gasteiger charge is 2.37. The number of carbonyl (C=O) groups is 1.